The number of fused-ring (bicyclic) bond motifs is 1. The zero-order valence-corrected chi connectivity index (χ0v) is 18.5. The van der Waals surface area contributed by atoms with Gasteiger partial charge in [-0.2, -0.15) is 0 Å². The number of hydrogen-bond donors (Lipinski definition) is 2. The maximum atomic E-state index is 12.3. The van der Waals surface area contributed by atoms with Crippen molar-refractivity contribution in [1.29, 1.82) is 0 Å². The number of aromatic amines is 1. The first-order chi connectivity index (χ1) is 15.3. The van der Waals surface area contributed by atoms with E-state index in [1.54, 1.807) is 18.3 Å². The third kappa shape index (κ3) is 4.26. The van der Waals surface area contributed by atoms with Crippen LogP contribution < -0.4 is 24.3 Å². The first-order valence-corrected chi connectivity index (χ1v) is 11.5. The van der Waals surface area contributed by atoms with Crippen LogP contribution in [-0.2, 0) is 9.84 Å². The van der Waals surface area contributed by atoms with Crippen molar-refractivity contribution < 1.29 is 32.2 Å². The molecule has 0 bridgehead atoms. The molecule has 170 valence electrons. The van der Waals surface area contributed by atoms with E-state index in [0.29, 0.717) is 46.1 Å². The number of rotatable bonds is 6. The van der Waals surface area contributed by atoms with E-state index in [1.807, 2.05) is 0 Å². The average Bonchev–Trinajstić information content (AvgIpc) is 3.34. The fraction of sp³-hybridized carbons (Fsp3) is 0.350. The Morgan fingerprint density at radius 1 is 1.12 bits per heavy atom. The molecule has 0 aliphatic carbocycles. The van der Waals surface area contributed by atoms with Crippen molar-refractivity contribution in [3.63, 3.8) is 0 Å². The van der Waals surface area contributed by atoms with E-state index in [9.17, 15) is 13.2 Å². The topological polar surface area (TPSA) is 142 Å². The lowest BCUT2D eigenvalue weighted by Gasteiger charge is -2.14. The van der Waals surface area contributed by atoms with Crippen molar-refractivity contribution in [2.24, 2.45) is 0 Å². The number of aromatic nitrogens is 3. The molecule has 1 saturated heterocycles. The summed E-state index contributed by atoms with van der Waals surface area (Å²) in [6.45, 7) is 0. The van der Waals surface area contributed by atoms with Crippen LogP contribution in [0, 0.1) is 0 Å². The molecule has 2 N–H and O–H groups in total. The predicted octanol–water partition coefficient (Wildman–Crippen LogP) is 1.93. The average molecular weight is 462 g/mol. The van der Waals surface area contributed by atoms with Gasteiger partial charge in [-0.05, 0) is 18.6 Å². The Balaban J connectivity index is 1.61. The van der Waals surface area contributed by atoms with Crippen molar-refractivity contribution in [2.45, 2.75) is 12.5 Å². The van der Waals surface area contributed by atoms with Crippen molar-refractivity contribution in [1.82, 2.24) is 20.3 Å². The molecule has 2 aromatic heterocycles. The quantitative estimate of drug-likeness (QED) is 0.562. The van der Waals surface area contributed by atoms with Crippen molar-refractivity contribution in [3.05, 3.63) is 24.5 Å². The molecule has 3 aromatic rings. The summed E-state index contributed by atoms with van der Waals surface area (Å²) in [6.07, 6.45) is 2.63. The highest BCUT2D eigenvalue weighted by Crippen LogP contribution is 2.41. The monoisotopic (exact) mass is 462 g/mol. The molecule has 1 aromatic carbocycles. The fourth-order valence-corrected chi connectivity index (χ4v) is 5.19. The third-order valence-corrected chi connectivity index (χ3v) is 6.83. The molecule has 0 saturated carbocycles. The maximum absolute atomic E-state index is 12.3. The van der Waals surface area contributed by atoms with E-state index in [-0.39, 0.29) is 17.3 Å². The van der Waals surface area contributed by atoms with Crippen LogP contribution in [0.2, 0.25) is 0 Å². The Morgan fingerprint density at radius 3 is 2.44 bits per heavy atom. The van der Waals surface area contributed by atoms with Gasteiger partial charge in [0.2, 0.25) is 5.75 Å². The molecular formula is C20H22N4O7S. The highest BCUT2D eigenvalue weighted by Gasteiger charge is 2.29. The number of sulfone groups is 1. The molecule has 1 aliphatic rings. The minimum Gasteiger partial charge on any atom is -0.493 e. The van der Waals surface area contributed by atoms with Gasteiger partial charge in [-0.1, -0.05) is 0 Å². The summed E-state index contributed by atoms with van der Waals surface area (Å²) in [5, 5.41) is 2.58. The van der Waals surface area contributed by atoms with Crippen LogP contribution in [0.1, 0.15) is 6.42 Å². The first-order valence-electron chi connectivity index (χ1n) is 9.67. The molecule has 11 nitrogen and oxygen atoms in total. The Kier molecular flexibility index (Phi) is 5.78. The Hall–Kier alpha value is -3.54. The van der Waals surface area contributed by atoms with Gasteiger partial charge < -0.3 is 29.2 Å². The summed E-state index contributed by atoms with van der Waals surface area (Å²) < 4.78 is 44.6. The van der Waals surface area contributed by atoms with E-state index < -0.39 is 22.0 Å². The molecular weight excluding hydrogens is 440 g/mol. The number of nitrogens with zero attached hydrogens (tertiary/aromatic N) is 2. The van der Waals surface area contributed by atoms with Crippen molar-refractivity contribution in [3.8, 4) is 34.3 Å². The van der Waals surface area contributed by atoms with Gasteiger partial charge in [0, 0.05) is 17.8 Å². The summed E-state index contributed by atoms with van der Waals surface area (Å²) in [6, 6.07) is 2.99. The Labute approximate surface area is 184 Å². The molecule has 12 heteroatoms. The molecule has 3 heterocycles. The van der Waals surface area contributed by atoms with Crippen molar-refractivity contribution >= 4 is 27.1 Å². The van der Waals surface area contributed by atoms with Crippen LogP contribution in [0.3, 0.4) is 0 Å². The van der Waals surface area contributed by atoms with Crippen LogP contribution in [0.25, 0.3) is 22.4 Å². The second kappa shape index (κ2) is 8.54. The lowest BCUT2D eigenvalue weighted by atomic mass is 10.1. The van der Waals surface area contributed by atoms with Gasteiger partial charge in [-0.25, -0.2) is 23.2 Å². The Bertz CT molecular complexity index is 1250. The van der Waals surface area contributed by atoms with Gasteiger partial charge >= 0.3 is 6.09 Å². The predicted molar refractivity (Wildman–Crippen MR) is 115 cm³/mol. The van der Waals surface area contributed by atoms with Gasteiger partial charge in [0.25, 0.3) is 0 Å². The summed E-state index contributed by atoms with van der Waals surface area (Å²) in [7, 11) is 1.43. The zero-order chi connectivity index (χ0) is 22.9. The molecule has 32 heavy (non-hydrogen) atoms. The van der Waals surface area contributed by atoms with E-state index in [1.165, 1.54) is 27.5 Å². The SMILES string of the molecule is COc1cc(-c2cnc3[nH]cc(OC(=O)NC4CCS(=O)(=O)C4)c3n2)cc(OC)c1OC. The van der Waals surface area contributed by atoms with E-state index in [4.69, 9.17) is 18.9 Å². The number of amides is 1. The molecule has 0 spiro atoms. The smallest absolute Gasteiger partial charge is 0.412 e. The van der Waals surface area contributed by atoms with Gasteiger partial charge in [0.15, 0.2) is 38.2 Å². The standard InChI is InChI=1S/C20H22N4O7S/c1-28-14-6-11(7-15(29-2)18(14)30-3)13-8-21-19-17(24-13)16(9-22-19)31-20(25)23-12-4-5-32(26,27)10-12/h6-9,12H,4-5,10H2,1-3H3,(H,21,22)(H,23,25). The number of H-pyrrole nitrogens is 1. The number of carbonyl (C=O) groups excluding carboxylic acids is 1. The maximum Gasteiger partial charge on any atom is 0.412 e. The number of hydrogen-bond acceptors (Lipinski definition) is 9. The largest absolute Gasteiger partial charge is 0.493 e. The summed E-state index contributed by atoms with van der Waals surface area (Å²) in [4.78, 5) is 24.1. The van der Waals surface area contributed by atoms with Gasteiger partial charge in [-0.3, -0.25) is 0 Å². The van der Waals surface area contributed by atoms with Crippen LogP contribution in [-0.4, -0.2) is 68.3 Å². The molecule has 0 radical (unpaired) electrons. The van der Waals surface area contributed by atoms with Gasteiger partial charge in [0.05, 0.1) is 44.7 Å². The van der Waals surface area contributed by atoms with Crippen LogP contribution in [0.4, 0.5) is 4.79 Å². The number of carbonyl (C=O) groups is 1. The number of ether oxygens (including phenoxy) is 4. The second-order valence-electron chi connectivity index (χ2n) is 7.15. The van der Waals surface area contributed by atoms with Crippen LogP contribution >= 0.6 is 0 Å². The van der Waals surface area contributed by atoms with Crippen molar-refractivity contribution in [2.75, 3.05) is 32.8 Å². The van der Waals surface area contributed by atoms with E-state index in [0.717, 1.165) is 0 Å². The summed E-state index contributed by atoms with van der Waals surface area (Å²) >= 11 is 0. The van der Waals surface area contributed by atoms with E-state index in [2.05, 4.69) is 20.3 Å². The summed E-state index contributed by atoms with van der Waals surface area (Å²) in [5.74, 6) is 1.49. The first kappa shape index (κ1) is 21.7. The molecule has 1 fully saturated rings. The highest BCUT2D eigenvalue weighted by molar-refractivity contribution is 7.91. The molecule has 1 atom stereocenters. The lowest BCUT2D eigenvalue weighted by Crippen LogP contribution is -2.37. The number of nitrogens with one attached hydrogen (secondary N) is 2. The minimum absolute atomic E-state index is 0.0503. The molecule has 1 aliphatic heterocycles. The van der Waals surface area contributed by atoms with E-state index >= 15 is 0 Å². The van der Waals surface area contributed by atoms with Crippen LogP contribution in [0.5, 0.6) is 23.0 Å². The zero-order valence-electron chi connectivity index (χ0n) is 17.7. The third-order valence-electron chi connectivity index (χ3n) is 5.06. The molecule has 1 amide bonds. The normalized spacial score (nSPS) is 17.2. The second-order valence-corrected chi connectivity index (χ2v) is 9.38. The lowest BCUT2D eigenvalue weighted by molar-refractivity contribution is 0.197. The van der Waals surface area contributed by atoms with Crippen LogP contribution in [0.15, 0.2) is 24.5 Å². The van der Waals surface area contributed by atoms with Gasteiger partial charge in [0.1, 0.15) is 0 Å². The Morgan fingerprint density at radius 2 is 1.84 bits per heavy atom. The molecule has 4 rings (SSSR count). The fourth-order valence-electron chi connectivity index (χ4n) is 3.52. The number of benzene rings is 1. The summed E-state index contributed by atoms with van der Waals surface area (Å²) in [5.41, 5.74) is 1.91. The highest BCUT2D eigenvalue weighted by atomic mass is 32.2. The minimum atomic E-state index is -3.12. The molecule has 1 unspecified atom stereocenters. The number of methoxy groups -OCH3 is 3. The van der Waals surface area contributed by atoms with Gasteiger partial charge in [-0.15, -0.1) is 0 Å².